The number of hydrogen-bond acceptors (Lipinski definition) is 6. The summed E-state index contributed by atoms with van der Waals surface area (Å²) < 4.78 is 0. The molecule has 0 saturated heterocycles. The maximum Gasteiger partial charge on any atom is 0.335 e. The number of aromatic nitrogens is 3. The Balaban J connectivity index is 1.67. The highest BCUT2D eigenvalue weighted by atomic mass is 32.1. The normalized spacial score (nSPS) is 10.6. The van der Waals surface area contributed by atoms with Gasteiger partial charge in [0.2, 0.25) is 0 Å². The van der Waals surface area contributed by atoms with Gasteiger partial charge in [-0.2, -0.15) is 0 Å². The van der Waals surface area contributed by atoms with Gasteiger partial charge in [0.1, 0.15) is 0 Å². The summed E-state index contributed by atoms with van der Waals surface area (Å²) in [4.78, 5) is 38.6. The van der Waals surface area contributed by atoms with Crippen molar-refractivity contribution in [2.75, 3.05) is 0 Å². The number of hydrogen-bond donors (Lipinski definition) is 2. The van der Waals surface area contributed by atoms with E-state index in [1.54, 1.807) is 29.7 Å². The second-order valence-electron chi connectivity index (χ2n) is 8.87. The van der Waals surface area contributed by atoms with Crippen molar-refractivity contribution >= 4 is 23.3 Å². The molecule has 0 radical (unpaired) electrons. The number of carbonyl (C=O) groups is 2. The van der Waals surface area contributed by atoms with Gasteiger partial charge in [-0.1, -0.05) is 38.0 Å². The first-order chi connectivity index (χ1) is 18.3. The van der Waals surface area contributed by atoms with E-state index in [9.17, 15) is 19.8 Å². The maximum absolute atomic E-state index is 11.8. The van der Waals surface area contributed by atoms with E-state index in [2.05, 4.69) is 46.7 Å². The summed E-state index contributed by atoms with van der Waals surface area (Å²) in [5, 5.41) is 19.0. The van der Waals surface area contributed by atoms with Gasteiger partial charge in [-0.15, -0.1) is 11.3 Å². The Bertz CT molecular complexity index is 1550. The molecule has 0 amide bonds. The summed E-state index contributed by atoms with van der Waals surface area (Å²) >= 11 is 1.69. The molecule has 0 bridgehead atoms. The second-order valence-corrected chi connectivity index (χ2v) is 10.1. The first-order valence-corrected chi connectivity index (χ1v) is 13.2. The van der Waals surface area contributed by atoms with Crippen molar-refractivity contribution in [1.82, 2.24) is 15.0 Å². The minimum Gasteiger partial charge on any atom is -0.478 e. The van der Waals surface area contributed by atoms with Crippen molar-refractivity contribution in [1.29, 1.82) is 0 Å². The first kappa shape index (κ1) is 26.7. The lowest BCUT2D eigenvalue weighted by Gasteiger charge is -2.07. The Labute approximate surface area is 225 Å². The molecule has 0 saturated carbocycles. The van der Waals surface area contributed by atoms with Crippen molar-refractivity contribution in [3.05, 3.63) is 86.9 Å². The van der Waals surface area contributed by atoms with Gasteiger partial charge in [0.05, 0.1) is 38.8 Å². The number of unbranched alkanes of at least 4 members (excludes halogenated alkanes) is 3. The summed E-state index contributed by atoms with van der Waals surface area (Å²) in [5.41, 5.74) is 3.31. The van der Waals surface area contributed by atoms with Gasteiger partial charge in [0, 0.05) is 22.8 Å². The second kappa shape index (κ2) is 12.3. The lowest BCUT2D eigenvalue weighted by atomic mass is 10.1. The van der Waals surface area contributed by atoms with Crippen LogP contribution in [-0.4, -0.2) is 37.1 Å². The molecular weight excluding hydrogens is 498 g/mol. The van der Waals surface area contributed by atoms with E-state index >= 15 is 0 Å². The van der Waals surface area contributed by atoms with E-state index in [4.69, 9.17) is 0 Å². The lowest BCUT2D eigenvalue weighted by molar-refractivity contribution is 0.0686. The summed E-state index contributed by atoms with van der Waals surface area (Å²) in [5.74, 6) is 4.29. The molecule has 0 aliphatic carbocycles. The number of carboxylic acids is 2. The van der Waals surface area contributed by atoms with Gasteiger partial charge in [0.25, 0.3) is 0 Å². The molecule has 0 atom stereocenters. The molecule has 192 valence electrons. The molecule has 8 heteroatoms. The fraction of sp³-hybridized carbons (Fsp3) is 0.233. The summed E-state index contributed by atoms with van der Waals surface area (Å²) in [6.45, 7) is 4.30. The molecule has 0 aliphatic rings. The Morgan fingerprint density at radius 1 is 0.816 bits per heavy atom. The van der Waals surface area contributed by atoms with Crippen LogP contribution in [0.4, 0.5) is 0 Å². The highest BCUT2D eigenvalue weighted by Crippen LogP contribution is 2.25. The minimum absolute atomic E-state index is 0.00686. The quantitative estimate of drug-likeness (QED) is 0.190. The van der Waals surface area contributed by atoms with Crippen LogP contribution in [0.5, 0.6) is 0 Å². The van der Waals surface area contributed by atoms with E-state index in [-0.39, 0.29) is 22.5 Å². The number of carboxylic acid groups (broad SMARTS) is 2. The molecule has 4 heterocycles. The highest BCUT2D eigenvalue weighted by molar-refractivity contribution is 7.12. The number of aryl methyl sites for hydroxylation is 2. The van der Waals surface area contributed by atoms with Crippen molar-refractivity contribution in [3.63, 3.8) is 0 Å². The van der Waals surface area contributed by atoms with Gasteiger partial charge in [-0.3, -0.25) is 9.97 Å². The monoisotopic (exact) mass is 525 g/mol. The molecule has 4 rings (SSSR count). The van der Waals surface area contributed by atoms with Crippen LogP contribution >= 0.6 is 11.3 Å². The van der Waals surface area contributed by atoms with E-state index in [0.29, 0.717) is 11.4 Å². The Morgan fingerprint density at radius 2 is 1.47 bits per heavy atom. The van der Waals surface area contributed by atoms with E-state index in [0.717, 1.165) is 23.3 Å². The third kappa shape index (κ3) is 6.69. The van der Waals surface area contributed by atoms with Crippen LogP contribution in [0.25, 0.3) is 22.8 Å². The molecule has 0 aromatic carbocycles. The Kier molecular flexibility index (Phi) is 8.62. The zero-order valence-electron chi connectivity index (χ0n) is 21.2. The number of nitrogens with zero attached hydrogens (tertiary/aromatic N) is 3. The molecule has 4 aromatic rings. The van der Waals surface area contributed by atoms with Crippen molar-refractivity contribution in [2.24, 2.45) is 0 Å². The van der Waals surface area contributed by atoms with Crippen molar-refractivity contribution < 1.29 is 19.8 Å². The molecule has 0 unspecified atom stereocenters. The smallest absolute Gasteiger partial charge is 0.335 e. The fourth-order valence-electron chi connectivity index (χ4n) is 4.00. The number of aromatic carboxylic acids is 2. The molecule has 4 aromatic heterocycles. The third-order valence-corrected chi connectivity index (χ3v) is 6.92. The van der Waals surface area contributed by atoms with Gasteiger partial charge >= 0.3 is 11.9 Å². The zero-order chi connectivity index (χ0) is 27.1. The lowest BCUT2D eigenvalue weighted by Crippen LogP contribution is -2.02. The predicted molar refractivity (Wildman–Crippen MR) is 147 cm³/mol. The van der Waals surface area contributed by atoms with Crippen molar-refractivity contribution in [2.45, 2.75) is 46.0 Å². The van der Waals surface area contributed by atoms with Crippen molar-refractivity contribution in [3.8, 4) is 34.6 Å². The summed E-state index contributed by atoms with van der Waals surface area (Å²) in [7, 11) is 0. The Morgan fingerprint density at radius 3 is 2.16 bits per heavy atom. The summed E-state index contributed by atoms with van der Waals surface area (Å²) in [6, 6.07) is 11.3. The predicted octanol–water partition coefficient (Wildman–Crippen LogP) is 6.49. The van der Waals surface area contributed by atoms with E-state index in [1.807, 2.05) is 0 Å². The molecule has 38 heavy (non-hydrogen) atoms. The molecule has 0 aliphatic heterocycles. The fourth-order valence-corrected chi connectivity index (χ4v) is 4.92. The third-order valence-electron chi connectivity index (χ3n) is 5.92. The number of thiophene rings is 1. The zero-order valence-corrected chi connectivity index (χ0v) is 22.0. The van der Waals surface area contributed by atoms with Gasteiger partial charge in [-0.05, 0) is 67.8 Å². The number of rotatable bonds is 9. The first-order valence-electron chi connectivity index (χ1n) is 12.4. The number of pyridine rings is 3. The Hall–Kier alpha value is -4.35. The highest BCUT2D eigenvalue weighted by Gasteiger charge is 2.15. The van der Waals surface area contributed by atoms with Crippen LogP contribution in [0.3, 0.4) is 0 Å². The van der Waals surface area contributed by atoms with Crippen LogP contribution in [-0.2, 0) is 6.42 Å². The summed E-state index contributed by atoms with van der Waals surface area (Å²) in [6.07, 6.45) is 8.79. The SMILES string of the molecule is CCCCCCc1cc(C)sc1C#Cc1ccnc(-c2cc(C(=O)O)cc(-c3cc(C(=O)O)ccn3)n2)c1. The molecule has 7 nitrogen and oxygen atoms in total. The van der Waals surface area contributed by atoms with Crippen LogP contribution in [0.1, 0.15) is 74.2 Å². The maximum atomic E-state index is 11.8. The molecule has 0 spiro atoms. The van der Waals surface area contributed by atoms with Gasteiger partial charge in [-0.25, -0.2) is 14.6 Å². The van der Waals surface area contributed by atoms with Crippen LogP contribution in [0.15, 0.2) is 54.9 Å². The molecule has 2 N–H and O–H groups in total. The minimum atomic E-state index is -1.14. The van der Waals surface area contributed by atoms with Gasteiger partial charge < -0.3 is 10.2 Å². The van der Waals surface area contributed by atoms with Crippen LogP contribution in [0.2, 0.25) is 0 Å². The average molecular weight is 526 g/mol. The standard InChI is InChI=1S/C30H27N3O4S/c1-3-4-5-6-7-21-14-19(2)38-28(21)9-8-20-10-12-31-24(15-20)26-17-23(30(36)37)18-27(33-26)25-16-22(29(34)35)11-13-32-25/h10-18H,3-7H2,1-2H3,(H,34,35)(H,36,37). The molecule has 0 fully saturated rings. The van der Waals surface area contributed by atoms with Crippen LogP contribution < -0.4 is 0 Å². The van der Waals surface area contributed by atoms with Crippen LogP contribution in [0, 0.1) is 18.8 Å². The average Bonchev–Trinajstić information content (AvgIpc) is 3.28. The van der Waals surface area contributed by atoms with Gasteiger partial charge in [0.15, 0.2) is 0 Å². The molecular formula is C30H27N3O4S. The topological polar surface area (TPSA) is 113 Å². The van der Waals surface area contributed by atoms with E-state index < -0.39 is 11.9 Å². The van der Waals surface area contributed by atoms with E-state index in [1.165, 1.54) is 60.2 Å². The largest absolute Gasteiger partial charge is 0.478 e.